The molecule has 11 aromatic carbocycles. The SMILES string of the molecule is c1ccc(-c2ccc(-c3ccccc3N(c3ccc(-c4ccccc4)cc3)c3ccc4ccc5c(-n6c7ccccc7c7ccccc76)ccc6ccc3c4c65)cc2)cc1. The first kappa shape index (κ1) is 34.1. The van der Waals surface area contributed by atoms with Gasteiger partial charge in [0.05, 0.1) is 28.1 Å². The molecule has 2 nitrogen and oxygen atoms in total. The van der Waals surface area contributed by atoms with Crippen molar-refractivity contribution in [1.29, 1.82) is 0 Å². The van der Waals surface area contributed by atoms with Crippen LogP contribution in [0.15, 0.2) is 231 Å². The quantitative estimate of drug-likeness (QED) is 0.147. The largest absolute Gasteiger partial charge is 0.309 e. The van der Waals surface area contributed by atoms with Crippen molar-refractivity contribution in [1.82, 2.24) is 4.57 Å². The minimum atomic E-state index is 1.10. The first-order valence-electron chi connectivity index (χ1n) is 20.7. The number of benzene rings is 11. The molecule has 0 N–H and O–H groups in total. The predicted molar refractivity (Wildman–Crippen MR) is 255 cm³/mol. The average Bonchev–Trinajstić information content (AvgIpc) is 3.66. The van der Waals surface area contributed by atoms with Crippen LogP contribution in [0.1, 0.15) is 0 Å². The van der Waals surface area contributed by atoms with Gasteiger partial charge in [0.1, 0.15) is 0 Å². The van der Waals surface area contributed by atoms with E-state index in [4.69, 9.17) is 0 Å². The highest BCUT2D eigenvalue weighted by Gasteiger charge is 2.23. The molecule has 0 atom stereocenters. The molecule has 12 aromatic rings. The van der Waals surface area contributed by atoms with Crippen LogP contribution in [0.5, 0.6) is 0 Å². The molecule has 1 heterocycles. The molecular formula is C58H38N2. The van der Waals surface area contributed by atoms with Crippen molar-refractivity contribution < 1.29 is 0 Å². The normalized spacial score (nSPS) is 11.7. The van der Waals surface area contributed by atoms with Gasteiger partial charge in [-0.3, -0.25) is 0 Å². The van der Waals surface area contributed by atoms with Gasteiger partial charge in [-0.25, -0.2) is 0 Å². The third-order valence-electron chi connectivity index (χ3n) is 12.4. The Kier molecular flexibility index (Phi) is 7.89. The number of hydrogen-bond donors (Lipinski definition) is 0. The highest BCUT2D eigenvalue weighted by molar-refractivity contribution is 6.27. The van der Waals surface area contributed by atoms with Gasteiger partial charge < -0.3 is 9.47 Å². The fourth-order valence-electron chi connectivity index (χ4n) is 9.57. The molecule has 0 fully saturated rings. The van der Waals surface area contributed by atoms with Crippen LogP contribution < -0.4 is 4.90 Å². The van der Waals surface area contributed by atoms with E-state index in [-0.39, 0.29) is 0 Å². The van der Waals surface area contributed by atoms with E-state index in [0.29, 0.717) is 0 Å². The summed E-state index contributed by atoms with van der Waals surface area (Å²) in [5, 5.41) is 10.0. The fraction of sp³-hybridized carbons (Fsp3) is 0. The second kappa shape index (κ2) is 13.9. The molecule has 1 aromatic heterocycles. The van der Waals surface area contributed by atoms with Crippen molar-refractivity contribution in [2.24, 2.45) is 0 Å². The summed E-state index contributed by atoms with van der Waals surface area (Å²) in [5.41, 5.74) is 14.1. The van der Waals surface area contributed by atoms with Crippen LogP contribution in [0.25, 0.3) is 93.2 Å². The summed E-state index contributed by atoms with van der Waals surface area (Å²) in [7, 11) is 0. The van der Waals surface area contributed by atoms with E-state index in [1.165, 1.54) is 93.2 Å². The van der Waals surface area contributed by atoms with E-state index < -0.39 is 0 Å². The topological polar surface area (TPSA) is 8.17 Å². The standard InChI is InChI=1S/C58H38N2/c1-3-13-39(14-4-1)41-23-25-43(26-24-41)47-17-7-10-20-52(47)59(46-33-27-42(28-34-46)40-15-5-2-6-16-40)55-37-31-44-30-36-51-56(38-32-45-29-35-50(55)57(44)58(45)51)60-53-21-11-8-18-48(53)49-19-9-12-22-54(49)60/h1-38H. The Hall–Kier alpha value is -7.94. The molecule has 0 bridgehead atoms. The van der Waals surface area contributed by atoms with Crippen molar-refractivity contribution >= 4 is 71.2 Å². The molecule has 60 heavy (non-hydrogen) atoms. The third-order valence-corrected chi connectivity index (χ3v) is 12.4. The number of para-hydroxylation sites is 3. The molecule has 0 amide bonds. The van der Waals surface area contributed by atoms with Gasteiger partial charge >= 0.3 is 0 Å². The second-order valence-corrected chi connectivity index (χ2v) is 15.7. The summed E-state index contributed by atoms with van der Waals surface area (Å²) >= 11 is 0. The van der Waals surface area contributed by atoms with E-state index in [9.17, 15) is 0 Å². The Morgan fingerprint density at radius 3 is 1.40 bits per heavy atom. The predicted octanol–water partition coefficient (Wildman–Crippen LogP) is 16.2. The van der Waals surface area contributed by atoms with Gasteiger partial charge in [-0.05, 0) is 91.8 Å². The number of anilines is 3. The van der Waals surface area contributed by atoms with E-state index in [1.807, 2.05) is 0 Å². The minimum Gasteiger partial charge on any atom is -0.309 e. The van der Waals surface area contributed by atoms with Crippen molar-refractivity contribution in [3.05, 3.63) is 231 Å². The van der Waals surface area contributed by atoms with E-state index in [0.717, 1.165) is 17.1 Å². The summed E-state index contributed by atoms with van der Waals surface area (Å²) in [4.78, 5) is 2.47. The summed E-state index contributed by atoms with van der Waals surface area (Å²) in [6, 6.07) is 84.2. The Bertz CT molecular complexity index is 3460. The van der Waals surface area contributed by atoms with Crippen molar-refractivity contribution in [2.75, 3.05) is 4.90 Å². The molecule has 0 unspecified atom stereocenters. The first-order chi connectivity index (χ1) is 29.8. The molecule has 0 aliphatic carbocycles. The maximum Gasteiger partial charge on any atom is 0.0541 e. The molecule has 0 saturated heterocycles. The number of nitrogens with zero attached hydrogens (tertiary/aromatic N) is 2. The van der Waals surface area contributed by atoms with Crippen LogP contribution >= 0.6 is 0 Å². The lowest BCUT2D eigenvalue weighted by atomic mass is 9.91. The summed E-state index contributed by atoms with van der Waals surface area (Å²) in [5.74, 6) is 0. The van der Waals surface area contributed by atoms with Crippen LogP contribution in [-0.2, 0) is 0 Å². The molecule has 0 saturated carbocycles. The van der Waals surface area contributed by atoms with E-state index >= 15 is 0 Å². The van der Waals surface area contributed by atoms with Gasteiger partial charge in [-0.1, -0.05) is 188 Å². The highest BCUT2D eigenvalue weighted by atomic mass is 15.1. The first-order valence-corrected chi connectivity index (χ1v) is 20.7. The smallest absolute Gasteiger partial charge is 0.0541 e. The maximum atomic E-state index is 2.47. The Morgan fingerprint density at radius 2 is 0.750 bits per heavy atom. The van der Waals surface area contributed by atoms with Crippen molar-refractivity contribution in [3.63, 3.8) is 0 Å². The van der Waals surface area contributed by atoms with Crippen molar-refractivity contribution in [3.8, 4) is 39.1 Å². The van der Waals surface area contributed by atoms with Gasteiger partial charge in [-0.15, -0.1) is 0 Å². The number of hydrogen-bond acceptors (Lipinski definition) is 1. The molecule has 2 heteroatoms. The van der Waals surface area contributed by atoms with E-state index in [1.54, 1.807) is 0 Å². The molecule has 0 radical (unpaired) electrons. The van der Waals surface area contributed by atoms with Crippen LogP contribution in [-0.4, -0.2) is 4.57 Å². The summed E-state index contributed by atoms with van der Waals surface area (Å²) in [6.45, 7) is 0. The molecule has 0 aliphatic rings. The van der Waals surface area contributed by atoms with E-state index in [2.05, 4.69) is 240 Å². The lowest BCUT2D eigenvalue weighted by Gasteiger charge is -2.30. The molecule has 12 rings (SSSR count). The van der Waals surface area contributed by atoms with Gasteiger partial charge in [-0.2, -0.15) is 0 Å². The van der Waals surface area contributed by atoms with Gasteiger partial charge in [0.2, 0.25) is 0 Å². The molecule has 280 valence electrons. The van der Waals surface area contributed by atoms with Gasteiger partial charge in [0.25, 0.3) is 0 Å². The zero-order valence-corrected chi connectivity index (χ0v) is 32.8. The lowest BCUT2D eigenvalue weighted by Crippen LogP contribution is -2.12. The summed E-state index contributed by atoms with van der Waals surface area (Å²) in [6.07, 6.45) is 0. The number of fused-ring (bicyclic) bond motifs is 3. The Labute approximate surface area is 348 Å². The monoisotopic (exact) mass is 762 g/mol. The Morgan fingerprint density at radius 1 is 0.283 bits per heavy atom. The molecular weight excluding hydrogens is 725 g/mol. The molecule has 0 spiro atoms. The van der Waals surface area contributed by atoms with Gasteiger partial charge in [0.15, 0.2) is 0 Å². The average molecular weight is 763 g/mol. The molecule has 0 aliphatic heterocycles. The Balaban J connectivity index is 1.09. The number of aromatic nitrogens is 1. The maximum absolute atomic E-state index is 2.47. The van der Waals surface area contributed by atoms with Crippen LogP contribution in [0.4, 0.5) is 17.1 Å². The zero-order valence-electron chi connectivity index (χ0n) is 32.8. The fourth-order valence-corrected chi connectivity index (χ4v) is 9.57. The van der Waals surface area contributed by atoms with Crippen LogP contribution in [0.3, 0.4) is 0 Å². The third kappa shape index (κ3) is 5.42. The van der Waals surface area contributed by atoms with Gasteiger partial charge in [0, 0.05) is 32.8 Å². The zero-order chi connectivity index (χ0) is 39.6. The summed E-state index contributed by atoms with van der Waals surface area (Å²) < 4.78 is 2.46. The van der Waals surface area contributed by atoms with Crippen LogP contribution in [0.2, 0.25) is 0 Å². The van der Waals surface area contributed by atoms with Crippen LogP contribution in [0, 0.1) is 0 Å². The number of rotatable bonds is 7. The highest BCUT2D eigenvalue weighted by Crippen LogP contribution is 2.48. The van der Waals surface area contributed by atoms with Crippen molar-refractivity contribution in [2.45, 2.75) is 0 Å². The lowest BCUT2D eigenvalue weighted by molar-refractivity contribution is 1.20. The second-order valence-electron chi connectivity index (χ2n) is 15.7. The minimum absolute atomic E-state index is 1.10.